The second-order valence-corrected chi connectivity index (χ2v) is 5.50. The van der Waals surface area contributed by atoms with Crippen LogP contribution in [0, 0.1) is 11.8 Å². The molecule has 0 aromatic heterocycles. The van der Waals surface area contributed by atoms with Crippen LogP contribution in [0.15, 0.2) is 12.2 Å². The summed E-state index contributed by atoms with van der Waals surface area (Å²) in [5, 5.41) is 12.1. The summed E-state index contributed by atoms with van der Waals surface area (Å²) in [6, 6.07) is 0.0650. The Morgan fingerprint density at radius 3 is 2.42 bits per heavy atom. The van der Waals surface area contributed by atoms with Crippen molar-refractivity contribution in [1.29, 1.82) is 0 Å². The Balaban J connectivity index is 2.51. The molecule has 1 amide bonds. The molecule has 0 fully saturated rings. The number of carboxylic acid groups (broad SMARTS) is 1. The lowest BCUT2D eigenvalue weighted by atomic mass is 9.82. The number of amides is 1. The smallest absolute Gasteiger partial charge is 0.307 e. The molecular weight excluding hydrogens is 244 g/mol. The predicted molar refractivity (Wildman–Crippen MR) is 73.8 cm³/mol. The SMILES string of the molecule is CC(CCN(C)C)NC(=O)C1CC=CCC1C(=O)O. The lowest BCUT2D eigenvalue weighted by molar-refractivity contribution is -0.147. The highest BCUT2D eigenvalue weighted by Crippen LogP contribution is 2.26. The number of carbonyl (C=O) groups is 2. The first-order valence-corrected chi connectivity index (χ1v) is 6.74. The Labute approximate surface area is 114 Å². The molecule has 0 radical (unpaired) electrons. The van der Waals surface area contributed by atoms with Crippen LogP contribution in [0.5, 0.6) is 0 Å². The molecule has 0 aliphatic heterocycles. The maximum absolute atomic E-state index is 12.1. The van der Waals surface area contributed by atoms with Crippen LogP contribution in [0.1, 0.15) is 26.2 Å². The van der Waals surface area contributed by atoms with E-state index < -0.39 is 17.8 Å². The maximum Gasteiger partial charge on any atom is 0.307 e. The number of nitrogens with one attached hydrogen (secondary N) is 1. The van der Waals surface area contributed by atoms with E-state index in [1.54, 1.807) is 0 Å². The van der Waals surface area contributed by atoms with E-state index in [-0.39, 0.29) is 11.9 Å². The second-order valence-electron chi connectivity index (χ2n) is 5.50. The fourth-order valence-electron chi connectivity index (χ4n) is 2.25. The normalized spacial score (nSPS) is 24.2. The Hall–Kier alpha value is -1.36. The third-order valence-electron chi connectivity index (χ3n) is 3.48. The van der Waals surface area contributed by atoms with E-state index in [2.05, 4.69) is 10.2 Å². The summed E-state index contributed by atoms with van der Waals surface area (Å²) in [7, 11) is 3.97. The third kappa shape index (κ3) is 5.03. The molecule has 1 aliphatic rings. The molecule has 0 aromatic rings. The second kappa shape index (κ2) is 7.28. The van der Waals surface area contributed by atoms with Crippen LogP contribution < -0.4 is 5.32 Å². The zero-order chi connectivity index (χ0) is 14.4. The van der Waals surface area contributed by atoms with Crippen LogP contribution in [0.3, 0.4) is 0 Å². The van der Waals surface area contributed by atoms with E-state index in [1.807, 2.05) is 33.2 Å². The van der Waals surface area contributed by atoms with Gasteiger partial charge in [0.2, 0.25) is 5.91 Å². The van der Waals surface area contributed by atoms with Gasteiger partial charge in [-0.1, -0.05) is 12.2 Å². The number of allylic oxidation sites excluding steroid dienone is 2. The molecule has 5 heteroatoms. The average molecular weight is 268 g/mol. The number of rotatable bonds is 6. The summed E-state index contributed by atoms with van der Waals surface area (Å²) in [6.07, 6.45) is 5.56. The molecule has 0 saturated carbocycles. The van der Waals surface area contributed by atoms with Gasteiger partial charge in [0.1, 0.15) is 0 Å². The van der Waals surface area contributed by atoms with Gasteiger partial charge in [0.25, 0.3) is 0 Å². The van der Waals surface area contributed by atoms with Crippen LogP contribution in [-0.2, 0) is 9.59 Å². The van der Waals surface area contributed by atoms with E-state index >= 15 is 0 Å². The topological polar surface area (TPSA) is 69.6 Å². The van der Waals surface area contributed by atoms with Crippen LogP contribution in [0.4, 0.5) is 0 Å². The van der Waals surface area contributed by atoms with Crippen LogP contribution in [0.2, 0.25) is 0 Å². The minimum atomic E-state index is -0.884. The summed E-state index contributed by atoms with van der Waals surface area (Å²) in [4.78, 5) is 25.4. The Morgan fingerprint density at radius 2 is 1.89 bits per heavy atom. The van der Waals surface area contributed by atoms with Gasteiger partial charge in [-0.2, -0.15) is 0 Å². The summed E-state index contributed by atoms with van der Waals surface area (Å²) in [5.41, 5.74) is 0. The third-order valence-corrected chi connectivity index (χ3v) is 3.48. The minimum Gasteiger partial charge on any atom is -0.481 e. The van der Waals surface area contributed by atoms with Crippen molar-refractivity contribution in [3.05, 3.63) is 12.2 Å². The van der Waals surface area contributed by atoms with Gasteiger partial charge in [-0.05, 0) is 46.8 Å². The molecule has 0 saturated heterocycles. The molecule has 0 heterocycles. The fraction of sp³-hybridized carbons (Fsp3) is 0.714. The first-order valence-electron chi connectivity index (χ1n) is 6.74. The number of hydrogen-bond acceptors (Lipinski definition) is 3. The Morgan fingerprint density at radius 1 is 1.32 bits per heavy atom. The zero-order valence-electron chi connectivity index (χ0n) is 11.9. The Kier molecular flexibility index (Phi) is 6.02. The van der Waals surface area contributed by atoms with E-state index in [9.17, 15) is 9.59 Å². The lowest BCUT2D eigenvalue weighted by Crippen LogP contribution is -2.43. The molecule has 1 rings (SSSR count). The first-order chi connectivity index (χ1) is 8.91. The summed E-state index contributed by atoms with van der Waals surface area (Å²) in [5.74, 6) is -2.05. The molecule has 19 heavy (non-hydrogen) atoms. The van der Waals surface area contributed by atoms with Crippen molar-refractivity contribution in [2.45, 2.75) is 32.2 Å². The fourth-order valence-corrected chi connectivity index (χ4v) is 2.25. The molecule has 3 unspecified atom stereocenters. The zero-order valence-corrected chi connectivity index (χ0v) is 11.9. The van der Waals surface area contributed by atoms with Crippen molar-refractivity contribution in [2.24, 2.45) is 11.8 Å². The van der Waals surface area contributed by atoms with Crippen molar-refractivity contribution in [1.82, 2.24) is 10.2 Å². The number of carbonyl (C=O) groups excluding carboxylic acids is 1. The largest absolute Gasteiger partial charge is 0.481 e. The molecule has 0 aromatic carbocycles. The van der Waals surface area contributed by atoms with E-state index in [0.29, 0.717) is 12.8 Å². The quantitative estimate of drug-likeness (QED) is 0.708. The van der Waals surface area contributed by atoms with Crippen molar-refractivity contribution >= 4 is 11.9 Å². The predicted octanol–water partition coefficient (Wildman–Crippen LogP) is 1.11. The minimum absolute atomic E-state index is 0.0650. The number of hydrogen-bond donors (Lipinski definition) is 2. The van der Waals surface area contributed by atoms with Gasteiger partial charge in [-0.15, -0.1) is 0 Å². The maximum atomic E-state index is 12.1. The number of carboxylic acids is 1. The van der Waals surface area contributed by atoms with Gasteiger partial charge in [0.05, 0.1) is 11.8 Å². The van der Waals surface area contributed by atoms with Crippen molar-refractivity contribution in [3.63, 3.8) is 0 Å². The lowest BCUT2D eigenvalue weighted by Gasteiger charge is -2.26. The first kappa shape index (κ1) is 15.7. The van der Waals surface area contributed by atoms with E-state index in [4.69, 9.17) is 5.11 Å². The molecule has 3 atom stereocenters. The van der Waals surface area contributed by atoms with Crippen LogP contribution in [-0.4, -0.2) is 48.6 Å². The summed E-state index contributed by atoms with van der Waals surface area (Å²) in [6.45, 7) is 2.85. The van der Waals surface area contributed by atoms with Gasteiger partial charge in [-0.25, -0.2) is 0 Å². The van der Waals surface area contributed by atoms with E-state index in [0.717, 1.165) is 13.0 Å². The van der Waals surface area contributed by atoms with Gasteiger partial charge >= 0.3 is 5.97 Å². The highest BCUT2D eigenvalue weighted by molar-refractivity contribution is 5.85. The molecule has 0 spiro atoms. The highest BCUT2D eigenvalue weighted by Gasteiger charge is 2.34. The molecule has 2 N–H and O–H groups in total. The molecule has 108 valence electrons. The van der Waals surface area contributed by atoms with Gasteiger partial charge in [0.15, 0.2) is 0 Å². The van der Waals surface area contributed by atoms with E-state index in [1.165, 1.54) is 0 Å². The molecule has 0 bridgehead atoms. The molecule has 1 aliphatic carbocycles. The Bertz CT molecular complexity index is 353. The van der Waals surface area contributed by atoms with Gasteiger partial charge in [0, 0.05) is 6.04 Å². The average Bonchev–Trinajstić information content (AvgIpc) is 2.36. The van der Waals surface area contributed by atoms with Crippen molar-refractivity contribution in [3.8, 4) is 0 Å². The van der Waals surface area contributed by atoms with Gasteiger partial charge in [-0.3, -0.25) is 9.59 Å². The summed E-state index contributed by atoms with van der Waals surface area (Å²) < 4.78 is 0. The van der Waals surface area contributed by atoms with Gasteiger partial charge < -0.3 is 15.3 Å². The van der Waals surface area contributed by atoms with Crippen molar-refractivity contribution in [2.75, 3.05) is 20.6 Å². The standard InChI is InChI=1S/C14H24N2O3/c1-10(8-9-16(2)3)15-13(17)11-6-4-5-7-12(11)14(18)19/h4-5,10-12H,6-9H2,1-3H3,(H,15,17)(H,18,19). The van der Waals surface area contributed by atoms with Crippen molar-refractivity contribution < 1.29 is 14.7 Å². The molecular formula is C14H24N2O3. The molecule has 5 nitrogen and oxygen atoms in total. The summed E-state index contributed by atoms with van der Waals surface area (Å²) >= 11 is 0. The van der Waals surface area contributed by atoms with Crippen LogP contribution >= 0.6 is 0 Å². The highest BCUT2D eigenvalue weighted by atomic mass is 16.4. The number of nitrogens with zero attached hydrogens (tertiary/aromatic N) is 1. The number of aliphatic carboxylic acids is 1. The van der Waals surface area contributed by atoms with Crippen LogP contribution in [0.25, 0.3) is 0 Å². The monoisotopic (exact) mass is 268 g/mol.